The lowest BCUT2D eigenvalue weighted by atomic mass is 10.1. The fourth-order valence-electron chi connectivity index (χ4n) is 1.70. The maximum Gasteiger partial charge on any atom is 0.169 e. The minimum Gasteiger partial charge on any atom is -0.382 e. The first-order chi connectivity index (χ1) is 9.19. The van der Waals surface area contributed by atoms with Crippen LogP contribution in [-0.4, -0.2) is 16.7 Å². The number of halogens is 1. The van der Waals surface area contributed by atoms with Gasteiger partial charge in [0.1, 0.15) is 0 Å². The summed E-state index contributed by atoms with van der Waals surface area (Å²) < 4.78 is 0. The minimum atomic E-state index is 0.323. The molecule has 1 aromatic heterocycles. The van der Waals surface area contributed by atoms with Crippen molar-refractivity contribution in [2.45, 2.75) is 13.0 Å². The van der Waals surface area contributed by atoms with Gasteiger partial charge < -0.3 is 16.8 Å². The fraction of sp³-hybridized carbons (Fsp3) is 0.231. The summed E-state index contributed by atoms with van der Waals surface area (Å²) >= 11 is 5.77. The second kappa shape index (κ2) is 6.36. The third kappa shape index (κ3) is 3.81. The molecule has 0 atom stereocenters. The van der Waals surface area contributed by atoms with E-state index in [2.05, 4.69) is 27.6 Å². The van der Waals surface area contributed by atoms with Gasteiger partial charge in [0.15, 0.2) is 11.0 Å². The molecule has 0 aliphatic rings. The van der Waals surface area contributed by atoms with Crippen molar-refractivity contribution in [2.75, 3.05) is 17.6 Å². The molecule has 100 valence electrons. The molecule has 0 spiro atoms. The van der Waals surface area contributed by atoms with Crippen LogP contribution < -0.4 is 16.8 Å². The molecule has 0 fully saturated rings. The van der Waals surface area contributed by atoms with Crippen LogP contribution in [0.5, 0.6) is 0 Å². The summed E-state index contributed by atoms with van der Waals surface area (Å²) in [6, 6.07) is 9.89. The number of anilines is 2. The summed E-state index contributed by atoms with van der Waals surface area (Å²) in [6.07, 6.45) is 0.879. The third-order valence-electron chi connectivity index (χ3n) is 2.78. The molecule has 5 N–H and O–H groups in total. The van der Waals surface area contributed by atoms with E-state index in [0.717, 1.165) is 18.5 Å². The highest BCUT2D eigenvalue weighted by atomic mass is 35.5. The van der Waals surface area contributed by atoms with E-state index < -0.39 is 0 Å². The first kappa shape index (κ1) is 13.6. The molecule has 0 unspecified atom stereocenters. The second-order valence-corrected chi connectivity index (χ2v) is 4.55. The van der Waals surface area contributed by atoms with Crippen molar-refractivity contribution in [3.63, 3.8) is 0 Å². The Hall–Kier alpha value is -1.85. The molecule has 2 rings (SSSR count). The minimum absolute atomic E-state index is 0.323. The Balaban J connectivity index is 1.90. The van der Waals surface area contributed by atoms with Crippen LogP contribution in [0.25, 0.3) is 0 Å². The molecule has 0 radical (unpaired) electrons. The Kier molecular flexibility index (Phi) is 4.54. The topological polar surface area (TPSA) is 89.8 Å². The number of hydrogen-bond acceptors (Lipinski definition) is 5. The van der Waals surface area contributed by atoms with Crippen LogP contribution in [0.1, 0.15) is 11.1 Å². The number of nitrogens with zero attached hydrogens (tertiary/aromatic N) is 2. The molecule has 0 aliphatic heterocycles. The Bertz CT molecular complexity index is 541. The summed E-state index contributed by atoms with van der Waals surface area (Å²) in [5, 5.41) is 10.9. The quantitative estimate of drug-likeness (QED) is 0.776. The van der Waals surface area contributed by atoms with E-state index in [-0.39, 0.29) is 0 Å². The number of benzene rings is 1. The monoisotopic (exact) mass is 277 g/mol. The molecule has 6 heteroatoms. The molecule has 1 aromatic carbocycles. The van der Waals surface area contributed by atoms with Crippen LogP contribution in [0.2, 0.25) is 5.15 Å². The predicted octanol–water partition coefficient (Wildman–Crippen LogP) is 1.83. The van der Waals surface area contributed by atoms with E-state index >= 15 is 0 Å². The number of rotatable bonds is 5. The Morgan fingerprint density at radius 1 is 1.11 bits per heavy atom. The second-order valence-electron chi connectivity index (χ2n) is 4.16. The average Bonchev–Trinajstić information content (AvgIpc) is 2.43. The number of aromatic nitrogens is 2. The van der Waals surface area contributed by atoms with Crippen molar-refractivity contribution in [1.29, 1.82) is 0 Å². The van der Waals surface area contributed by atoms with E-state index in [1.54, 1.807) is 6.07 Å². The molecule has 0 saturated carbocycles. The lowest BCUT2D eigenvalue weighted by Gasteiger charge is -2.08. The fourth-order valence-corrected chi connectivity index (χ4v) is 1.85. The maximum absolute atomic E-state index is 5.77. The van der Waals surface area contributed by atoms with Crippen LogP contribution in [0.4, 0.5) is 11.5 Å². The molecule has 5 nitrogen and oxygen atoms in total. The lowest BCUT2D eigenvalue weighted by molar-refractivity contribution is 0.992. The standard InChI is InChI=1S/C13H16ClN5/c14-12-7-11(13(16)19-18-12)17-6-5-9-1-3-10(8-15)4-2-9/h1-4,7H,5-6,8,15H2,(H2,16,19)(H,17,18). The SMILES string of the molecule is NCc1ccc(CCNc2cc(Cl)nnc2N)cc1. The summed E-state index contributed by atoms with van der Waals surface area (Å²) in [4.78, 5) is 0. The van der Waals surface area contributed by atoms with Crippen LogP contribution in [0, 0.1) is 0 Å². The van der Waals surface area contributed by atoms with Gasteiger partial charge in [-0.25, -0.2) is 0 Å². The number of nitrogens with two attached hydrogens (primary N) is 2. The van der Waals surface area contributed by atoms with Gasteiger partial charge in [-0.1, -0.05) is 35.9 Å². The van der Waals surface area contributed by atoms with Crippen molar-refractivity contribution in [3.8, 4) is 0 Å². The average molecular weight is 278 g/mol. The highest BCUT2D eigenvalue weighted by Gasteiger charge is 2.02. The largest absolute Gasteiger partial charge is 0.382 e. The van der Waals surface area contributed by atoms with E-state index in [1.165, 1.54) is 5.56 Å². The number of nitrogen functional groups attached to an aromatic ring is 1. The molecular weight excluding hydrogens is 262 g/mol. The van der Waals surface area contributed by atoms with Gasteiger partial charge in [-0.3, -0.25) is 0 Å². The van der Waals surface area contributed by atoms with Crippen molar-refractivity contribution in [3.05, 3.63) is 46.6 Å². The predicted molar refractivity (Wildman–Crippen MR) is 78.0 cm³/mol. The zero-order valence-corrected chi connectivity index (χ0v) is 11.2. The molecule has 0 amide bonds. The Morgan fingerprint density at radius 3 is 2.47 bits per heavy atom. The summed E-state index contributed by atoms with van der Waals surface area (Å²) in [6.45, 7) is 1.31. The van der Waals surface area contributed by atoms with Crippen molar-refractivity contribution >= 4 is 23.1 Å². The van der Waals surface area contributed by atoms with Gasteiger partial charge >= 0.3 is 0 Å². The summed E-state index contributed by atoms with van der Waals surface area (Å²) in [5.74, 6) is 0.350. The van der Waals surface area contributed by atoms with Gasteiger partial charge in [0.25, 0.3) is 0 Å². The molecule has 1 heterocycles. The number of hydrogen-bond donors (Lipinski definition) is 3. The van der Waals surface area contributed by atoms with E-state index in [1.807, 2.05) is 12.1 Å². The van der Waals surface area contributed by atoms with Crippen LogP contribution in [0.3, 0.4) is 0 Å². The normalized spacial score (nSPS) is 10.4. The molecule has 0 saturated heterocycles. The Labute approximate surface area is 117 Å². The molecule has 0 aliphatic carbocycles. The van der Waals surface area contributed by atoms with Gasteiger partial charge in [-0.05, 0) is 17.5 Å². The third-order valence-corrected chi connectivity index (χ3v) is 2.97. The van der Waals surface area contributed by atoms with Crippen molar-refractivity contribution < 1.29 is 0 Å². The van der Waals surface area contributed by atoms with Crippen LogP contribution in [0.15, 0.2) is 30.3 Å². The lowest BCUT2D eigenvalue weighted by Crippen LogP contribution is -2.08. The first-order valence-electron chi connectivity index (χ1n) is 5.99. The maximum atomic E-state index is 5.77. The van der Waals surface area contributed by atoms with Crippen LogP contribution >= 0.6 is 11.6 Å². The highest BCUT2D eigenvalue weighted by Crippen LogP contribution is 2.17. The summed E-state index contributed by atoms with van der Waals surface area (Å²) in [5.41, 5.74) is 14.3. The number of nitrogens with one attached hydrogen (secondary N) is 1. The van der Waals surface area contributed by atoms with Gasteiger partial charge in [-0.2, -0.15) is 0 Å². The van der Waals surface area contributed by atoms with E-state index in [4.69, 9.17) is 23.1 Å². The first-order valence-corrected chi connectivity index (χ1v) is 6.37. The van der Waals surface area contributed by atoms with Crippen molar-refractivity contribution in [1.82, 2.24) is 10.2 Å². The highest BCUT2D eigenvalue weighted by molar-refractivity contribution is 6.29. The Morgan fingerprint density at radius 2 is 1.79 bits per heavy atom. The molecular formula is C13H16ClN5. The summed E-state index contributed by atoms with van der Waals surface area (Å²) in [7, 11) is 0. The van der Waals surface area contributed by atoms with Crippen molar-refractivity contribution in [2.24, 2.45) is 5.73 Å². The van der Waals surface area contributed by atoms with E-state index in [0.29, 0.717) is 23.2 Å². The molecule has 19 heavy (non-hydrogen) atoms. The van der Waals surface area contributed by atoms with E-state index in [9.17, 15) is 0 Å². The zero-order valence-electron chi connectivity index (χ0n) is 10.4. The zero-order chi connectivity index (χ0) is 13.7. The smallest absolute Gasteiger partial charge is 0.169 e. The van der Waals surface area contributed by atoms with Gasteiger partial charge in [0.2, 0.25) is 0 Å². The van der Waals surface area contributed by atoms with Gasteiger partial charge in [0.05, 0.1) is 5.69 Å². The van der Waals surface area contributed by atoms with Gasteiger partial charge in [-0.15, -0.1) is 10.2 Å². The van der Waals surface area contributed by atoms with Crippen LogP contribution in [-0.2, 0) is 13.0 Å². The van der Waals surface area contributed by atoms with Gasteiger partial charge in [0, 0.05) is 19.2 Å². The molecule has 2 aromatic rings. The molecule has 0 bridgehead atoms.